The topological polar surface area (TPSA) is 52.6 Å². The first-order chi connectivity index (χ1) is 18.6. The van der Waals surface area contributed by atoms with Gasteiger partial charge in [0.1, 0.15) is 23.0 Å². The maximum absolute atomic E-state index is 14.5. The average Bonchev–Trinajstić information content (AvgIpc) is 2.86. The summed E-state index contributed by atoms with van der Waals surface area (Å²) < 4.78 is 121. The molecule has 0 aromatic heterocycles. The van der Waals surface area contributed by atoms with Crippen LogP contribution in [0.15, 0.2) is 102 Å². The Kier molecular flexibility index (Phi) is 7.64. The van der Waals surface area contributed by atoms with Crippen LogP contribution in [0.3, 0.4) is 0 Å². The van der Waals surface area contributed by atoms with Crippen molar-refractivity contribution in [1.82, 2.24) is 0 Å². The molecule has 0 aliphatic heterocycles. The highest BCUT2D eigenvalue weighted by Crippen LogP contribution is 2.56. The minimum Gasteiger partial charge on any atom is -0.457 e. The Bertz CT molecular complexity index is 1550. The number of aryl methyl sites for hydroxylation is 1. The molecule has 0 bridgehead atoms. The van der Waals surface area contributed by atoms with Gasteiger partial charge in [-0.25, -0.2) is 8.42 Å². The second-order valence-electron chi connectivity index (χ2n) is 9.06. The van der Waals surface area contributed by atoms with Gasteiger partial charge < -0.3 is 9.47 Å². The smallest absolute Gasteiger partial charge is 0.411 e. The zero-order valence-electron chi connectivity index (χ0n) is 21.0. The average molecular weight is 581 g/mol. The molecule has 0 unspecified atom stereocenters. The maximum Gasteiger partial charge on any atom is 0.411 e. The molecular formula is C29H22F6O4S. The first kappa shape index (κ1) is 29.0. The van der Waals surface area contributed by atoms with Crippen LogP contribution in [0.1, 0.15) is 16.7 Å². The highest BCUT2D eigenvalue weighted by atomic mass is 32.2. The van der Waals surface area contributed by atoms with Gasteiger partial charge in [0.2, 0.25) is 5.41 Å². The van der Waals surface area contributed by atoms with E-state index in [9.17, 15) is 34.8 Å². The van der Waals surface area contributed by atoms with Crippen molar-refractivity contribution in [3.63, 3.8) is 0 Å². The van der Waals surface area contributed by atoms with E-state index in [0.717, 1.165) is 48.2 Å². The molecule has 0 heterocycles. The van der Waals surface area contributed by atoms with Crippen LogP contribution in [-0.2, 0) is 15.3 Å². The summed E-state index contributed by atoms with van der Waals surface area (Å²) >= 11 is 0. The number of benzene rings is 4. The second kappa shape index (κ2) is 10.5. The van der Waals surface area contributed by atoms with Crippen LogP contribution >= 0.6 is 0 Å². The number of rotatable bonds is 7. The molecule has 40 heavy (non-hydrogen) atoms. The third kappa shape index (κ3) is 5.79. The van der Waals surface area contributed by atoms with E-state index >= 15 is 0 Å². The van der Waals surface area contributed by atoms with E-state index in [1.807, 2.05) is 6.92 Å². The molecule has 0 saturated heterocycles. The largest absolute Gasteiger partial charge is 0.457 e. The van der Waals surface area contributed by atoms with Crippen molar-refractivity contribution in [1.29, 1.82) is 0 Å². The van der Waals surface area contributed by atoms with Crippen LogP contribution in [0.2, 0.25) is 0 Å². The van der Waals surface area contributed by atoms with Crippen LogP contribution in [0, 0.1) is 6.92 Å². The van der Waals surface area contributed by atoms with Gasteiger partial charge in [-0.1, -0.05) is 42.0 Å². The van der Waals surface area contributed by atoms with Crippen molar-refractivity contribution in [2.24, 2.45) is 0 Å². The lowest BCUT2D eigenvalue weighted by atomic mass is 9.73. The summed E-state index contributed by atoms with van der Waals surface area (Å²) in [7, 11) is -3.47. The van der Waals surface area contributed by atoms with Crippen molar-refractivity contribution < 1.29 is 44.2 Å². The molecule has 0 aliphatic rings. The van der Waals surface area contributed by atoms with Gasteiger partial charge in [0.25, 0.3) is 0 Å². The fourth-order valence-corrected chi connectivity index (χ4v) is 4.79. The molecular weight excluding hydrogens is 558 g/mol. The molecule has 4 nitrogen and oxygen atoms in total. The van der Waals surface area contributed by atoms with E-state index in [-0.39, 0.29) is 22.1 Å². The fourth-order valence-electron chi connectivity index (χ4n) is 4.16. The van der Waals surface area contributed by atoms with Crippen LogP contribution in [0.4, 0.5) is 26.3 Å². The summed E-state index contributed by atoms with van der Waals surface area (Å²) in [5.41, 5.74) is -5.48. The van der Waals surface area contributed by atoms with Gasteiger partial charge in [-0.15, -0.1) is 0 Å². The maximum atomic E-state index is 14.5. The monoisotopic (exact) mass is 580 g/mol. The molecule has 0 spiro atoms. The van der Waals surface area contributed by atoms with Gasteiger partial charge in [-0.05, 0) is 78.7 Å². The summed E-state index contributed by atoms with van der Waals surface area (Å²) in [5, 5.41) is 0. The van der Waals surface area contributed by atoms with Crippen molar-refractivity contribution in [3.8, 4) is 23.0 Å². The molecule has 0 amide bonds. The molecule has 0 saturated carbocycles. The Hall–Kier alpha value is -3.99. The van der Waals surface area contributed by atoms with Gasteiger partial charge in [0, 0.05) is 6.26 Å². The normalized spacial score (nSPS) is 12.7. The van der Waals surface area contributed by atoms with Crippen molar-refractivity contribution in [2.75, 3.05) is 6.26 Å². The van der Waals surface area contributed by atoms with Crippen LogP contribution < -0.4 is 9.47 Å². The summed E-state index contributed by atoms with van der Waals surface area (Å²) in [5.74, 6) is 0.535. The molecule has 0 N–H and O–H groups in total. The molecule has 4 rings (SSSR count). The van der Waals surface area contributed by atoms with Gasteiger partial charge in [-0.3, -0.25) is 0 Å². The molecule has 4 aromatic rings. The summed E-state index contributed by atoms with van der Waals surface area (Å²) in [6, 6.07) is 18.9. The zero-order valence-corrected chi connectivity index (χ0v) is 21.9. The molecule has 0 fully saturated rings. The van der Waals surface area contributed by atoms with E-state index in [1.54, 1.807) is 24.3 Å². The van der Waals surface area contributed by atoms with Crippen molar-refractivity contribution in [3.05, 3.63) is 114 Å². The highest BCUT2D eigenvalue weighted by Gasteiger charge is 2.72. The third-order valence-corrected chi connectivity index (χ3v) is 7.30. The Morgan fingerprint density at radius 1 is 0.525 bits per heavy atom. The number of halogens is 6. The molecule has 11 heteroatoms. The summed E-state index contributed by atoms with van der Waals surface area (Å²) in [6.45, 7) is 1.85. The number of hydrogen-bond acceptors (Lipinski definition) is 4. The first-order valence-electron chi connectivity index (χ1n) is 11.7. The number of hydrogen-bond donors (Lipinski definition) is 0. The van der Waals surface area contributed by atoms with Crippen molar-refractivity contribution >= 4 is 9.84 Å². The number of alkyl halides is 6. The Morgan fingerprint density at radius 2 is 0.825 bits per heavy atom. The molecule has 210 valence electrons. The van der Waals surface area contributed by atoms with Crippen LogP contribution in [-0.4, -0.2) is 27.0 Å². The molecule has 4 aromatic carbocycles. The predicted octanol–water partition coefficient (Wildman–Crippen LogP) is 8.39. The van der Waals surface area contributed by atoms with Gasteiger partial charge >= 0.3 is 12.4 Å². The lowest BCUT2D eigenvalue weighted by Gasteiger charge is -2.38. The van der Waals surface area contributed by atoms with E-state index in [4.69, 9.17) is 9.47 Å². The van der Waals surface area contributed by atoms with Gasteiger partial charge in [-0.2, -0.15) is 26.3 Å². The second-order valence-corrected chi connectivity index (χ2v) is 11.1. The van der Waals surface area contributed by atoms with E-state index in [2.05, 4.69) is 0 Å². The first-order valence-corrected chi connectivity index (χ1v) is 13.6. The van der Waals surface area contributed by atoms with E-state index < -0.39 is 38.7 Å². The Labute approximate surface area is 226 Å². The van der Waals surface area contributed by atoms with Crippen molar-refractivity contribution in [2.45, 2.75) is 29.6 Å². The standard InChI is InChI=1S/C29H22F6O4S/c1-19-3-9-22(10-4-19)38-23-11-5-20(6-12-23)27(28(30,31)32,29(33,34)35)21-7-13-24(14-8-21)39-25-15-17-26(18-16-25)40(2,36)37/h3-18H,1-2H3. The van der Waals surface area contributed by atoms with E-state index in [0.29, 0.717) is 17.9 Å². The Morgan fingerprint density at radius 3 is 1.12 bits per heavy atom. The van der Waals surface area contributed by atoms with Gasteiger partial charge in [0.05, 0.1) is 4.90 Å². The minimum atomic E-state index is -5.76. The lowest BCUT2D eigenvalue weighted by Crippen LogP contribution is -2.54. The minimum absolute atomic E-state index is 0.0191. The molecule has 0 radical (unpaired) electrons. The third-order valence-electron chi connectivity index (χ3n) is 6.17. The lowest BCUT2D eigenvalue weighted by molar-refractivity contribution is -0.288. The van der Waals surface area contributed by atoms with E-state index in [1.165, 1.54) is 24.3 Å². The SMILES string of the molecule is Cc1ccc(Oc2ccc(C(c3ccc(Oc4ccc(S(C)(=O)=O)cc4)cc3)(C(F)(F)F)C(F)(F)F)cc2)cc1. The predicted molar refractivity (Wildman–Crippen MR) is 137 cm³/mol. The molecule has 0 aliphatic carbocycles. The van der Waals surface area contributed by atoms with Crippen LogP contribution in [0.25, 0.3) is 0 Å². The van der Waals surface area contributed by atoms with Crippen LogP contribution in [0.5, 0.6) is 23.0 Å². The Balaban J connectivity index is 1.68. The summed E-state index contributed by atoms with van der Waals surface area (Å²) in [6.07, 6.45) is -10.5. The number of ether oxygens (including phenoxy) is 2. The highest BCUT2D eigenvalue weighted by molar-refractivity contribution is 7.90. The number of sulfone groups is 1. The zero-order chi connectivity index (χ0) is 29.3. The molecule has 0 atom stereocenters. The fraction of sp³-hybridized carbons (Fsp3) is 0.172. The van der Waals surface area contributed by atoms with Gasteiger partial charge in [0.15, 0.2) is 9.84 Å². The summed E-state index contributed by atoms with van der Waals surface area (Å²) in [4.78, 5) is 0.0191. The quantitative estimate of drug-likeness (QED) is 0.206.